The van der Waals surface area contributed by atoms with E-state index in [0.29, 0.717) is 11.1 Å². The number of carbonyl (C=O) groups is 1. The maximum absolute atomic E-state index is 12.7. The van der Waals surface area contributed by atoms with Gasteiger partial charge in [-0.2, -0.15) is 0 Å². The summed E-state index contributed by atoms with van der Waals surface area (Å²) >= 11 is 1.64. The van der Waals surface area contributed by atoms with E-state index in [1.165, 1.54) is 16.0 Å². The largest absolute Gasteiger partial charge is 0.496 e. The lowest BCUT2D eigenvalue weighted by atomic mass is 10.0. The second kappa shape index (κ2) is 7.58. The van der Waals surface area contributed by atoms with Crippen molar-refractivity contribution in [1.82, 2.24) is 0 Å². The van der Waals surface area contributed by atoms with Crippen LogP contribution in [0.5, 0.6) is 5.75 Å². The highest BCUT2D eigenvalue weighted by Gasteiger charge is 2.14. The minimum absolute atomic E-state index is 0.0200. The number of methoxy groups -OCH3 is 1. The molecule has 0 N–H and O–H groups in total. The highest BCUT2D eigenvalue weighted by atomic mass is 32.2. The number of carbonyl (C=O) groups excluding carboxylic acids is 1. The van der Waals surface area contributed by atoms with Crippen LogP contribution in [0.1, 0.15) is 27.0 Å². The molecule has 3 heteroatoms. The fourth-order valence-corrected chi connectivity index (χ4v) is 3.84. The summed E-state index contributed by atoms with van der Waals surface area (Å²) in [5, 5.41) is 0. The third-order valence-corrected chi connectivity index (χ3v) is 5.47. The van der Waals surface area contributed by atoms with E-state index in [4.69, 9.17) is 4.74 Å². The van der Waals surface area contributed by atoms with E-state index in [1.54, 1.807) is 18.9 Å². The van der Waals surface area contributed by atoms with Gasteiger partial charge in [0.2, 0.25) is 0 Å². The Hall–Kier alpha value is -2.52. The molecule has 2 nitrogen and oxygen atoms in total. The Balaban J connectivity index is 2.00. The first-order chi connectivity index (χ1) is 12.1. The molecule has 0 heterocycles. The third kappa shape index (κ3) is 3.77. The number of ketones is 1. The monoisotopic (exact) mass is 348 g/mol. The quantitative estimate of drug-likeness (QED) is 0.554. The van der Waals surface area contributed by atoms with Crippen molar-refractivity contribution in [2.75, 3.05) is 7.11 Å². The van der Waals surface area contributed by atoms with Crippen LogP contribution in [-0.2, 0) is 0 Å². The Bertz CT molecular complexity index is 881. The van der Waals surface area contributed by atoms with Gasteiger partial charge in [-0.05, 0) is 43.2 Å². The summed E-state index contributed by atoms with van der Waals surface area (Å²) in [5.41, 5.74) is 3.79. The first-order valence-corrected chi connectivity index (χ1v) is 8.93. The zero-order valence-electron chi connectivity index (χ0n) is 14.6. The van der Waals surface area contributed by atoms with E-state index in [1.807, 2.05) is 48.5 Å². The first-order valence-electron chi connectivity index (χ1n) is 8.12. The topological polar surface area (TPSA) is 26.3 Å². The van der Waals surface area contributed by atoms with Crippen LogP contribution in [0.25, 0.3) is 0 Å². The van der Waals surface area contributed by atoms with Gasteiger partial charge >= 0.3 is 0 Å². The van der Waals surface area contributed by atoms with Crippen molar-refractivity contribution in [1.29, 1.82) is 0 Å². The second-order valence-electron chi connectivity index (χ2n) is 5.88. The van der Waals surface area contributed by atoms with Crippen molar-refractivity contribution < 1.29 is 9.53 Å². The fraction of sp³-hybridized carbons (Fsp3) is 0.136. The van der Waals surface area contributed by atoms with Crippen molar-refractivity contribution in [3.05, 3.63) is 89.0 Å². The van der Waals surface area contributed by atoms with Crippen molar-refractivity contribution in [2.45, 2.75) is 23.6 Å². The van der Waals surface area contributed by atoms with Crippen molar-refractivity contribution >= 4 is 17.5 Å². The molecule has 3 aromatic rings. The molecule has 0 radical (unpaired) electrons. The van der Waals surface area contributed by atoms with Crippen LogP contribution in [0.2, 0.25) is 0 Å². The van der Waals surface area contributed by atoms with E-state index in [9.17, 15) is 4.79 Å². The van der Waals surface area contributed by atoms with Crippen molar-refractivity contribution in [3.63, 3.8) is 0 Å². The van der Waals surface area contributed by atoms with Gasteiger partial charge in [-0.1, -0.05) is 60.3 Å². The highest BCUT2D eigenvalue weighted by molar-refractivity contribution is 7.99. The lowest BCUT2D eigenvalue weighted by Crippen LogP contribution is -2.01. The van der Waals surface area contributed by atoms with Crippen molar-refractivity contribution in [2.24, 2.45) is 0 Å². The van der Waals surface area contributed by atoms with Gasteiger partial charge in [-0.3, -0.25) is 4.79 Å². The summed E-state index contributed by atoms with van der Waals surface area (Å²) in [6.07, 6.45) is 0. The highest BCUT2D eigenvalue weighted by Crippen LogP contribution is 2.39. The number of hydrogen-bond acceptors (Lipinski definition) is 3. The van der Waals surface area contributed by atoms with Crippen molar-refractivity contribution in [3.8, 4) is 5.75 Å². The number of aryl methyl sites for hydroxylation is 2. The van der Waals surface area contributed by atoms with E-state index >= 15 is 0 Å². The number of rotatable bonds is 5. The Morgan fingerprint density at radius 2 is 1.52 bits per heavy atom. The molecule has 0 spiro atoms. The van der Waals surface area contributed by atoms with Gasteiger partial charge in [0.05, 0.1) is 12.0 Å². The van der Waals surface area contributed by atoms with Crippen LogP contribution in [0.15, 0.2) is 76.5 Å². The smallest absolute Gasteiger partial charge is 0.193 e. The van der Waals surface area contributed by atoms with Gasteiger partial charge in [-0.25, -0.2) is 0 Å². The molecule has 0 saturated heterocycles. The van der Waals surface area contributed by atoms with E-state index in [2.05, 4.69) is 32.0 Å². The van der Waals surface area contributed by atoms with Gasteiger partial charge < -0.3 is 4.74 Å². The molecule has 0 aromatic heterocycles. The van der Waals surface area contributed by atoms with Crippen LogP contribution in [0, 0.1) is 13.8 Å². The standard InChI is InChI=1S/C22H20O2S/c1-15-8-7-9-16(2)22(15)25-20-14-18(12-13-19(20)24-3)21(23)17-10-5-4-6-11-17/h4-14H,1-3H3. The molecule has 0 saturated carbocycles. The molecule has 0 fully saturated rings. The number of benzene rings is 3. The summed E-state index contributed by atoms with van der Waals surface area (Å²) in [7, 11) is 1.66. The fourth-order valence-electron chi connectivity index (χ4n) is 2.72. The average molecular weight is 348 g/mol. The van der Waals surface area contributed by atoms with Gasteiger partial charge in [-0.15, -0.1) is 0 Å². The lowest BCUT2D eigenvalue weighted by Gasteiger charge is -2.13. The Labute approximate surface area is 152 Å². The normalized spacial score (nSPS) is 10.5. The van der Waals surface area contributed by atoms with Gasteiger partial charge in [0.25, 0.3) is 0 Å². The number of hydrogen-bond donors (Lipinski definition) is 0. The van der Waals surface area contributed by atoms with Crippen LogP contribution >= 0.6 is 11.8 Å². The van der Waals surface area contributed by atoms with Crippen LogP contribution in [0.4, 0.5) is 0 Å². The summed E-state index contributed by atoms with van der Waals surface area (Å²) in [6, 6.07) is 21.2. The second-order valence-corrected chi connectivity index (χ2v) is 6.94. The van der Waals surface area contributed by atoms with Gasteiger partial charge in [0, 0.05) is 16.0 Å². The summed E-state index contributed by atoms with van der Waals surface area (Å²) in [5.74, 6) is 0.795. The molecule has 0 amide bonds. The summed E-state index contributed by atoms with van der Waals surface area (Å²) in [6.45, 7) is 4.20. The zero-order chi connectivity index (χ0) is 17.8. The summed E-state index contributed by atoms with van der Waals surface area (Å²) in [4.78, 5) is 14.9. The van der Waals surface area contributed by atoms with Crippen LogP contribution in [-0.4, -0.2) is 12.9 Å². The Morgan fingerprint density at radius 3 is 2.16 bits per heavy atom. The maximum atomic E-state index is 12.7. The Morgan fingerprint density at radius 1 is 0.840 bits per heavy atom. The molecule has 3 aromatic carbocycles. The molecular weight excluding hydrogens is 328 g/mol. The first kappa shape index (κ1) is 17.3. The molecule has 0 aliphatic heterocycles. The minimum Gasteiger partial charge on any atom is -0.496 e. The van der Waals surface area contributed by atoms with E-state index in [0.717, 1.165) is 10.6 Å². The van der Waals surface area contributed by atoms with E-state index < -0.39 is 0 Å². The molecule has 126 valence electrons. The molecule has 0 unspecified atom stereocenters. The SMILES string of the molecule is COc1ccc(C(=O)c2ccccc2)cc1Sc1c(C)cccc1C. The molecule has 0 bridgehead atoms. The minimum atomic E-state index is 0.0200. The molecule has 0 aliphatic carbocycles. The van der Waals surface area contributed by atoms with E-state index in [-0.39, 0.29) is 5.78 Å². The predicted octanol–water partition coefficient (Wildman–Crippen LogP) is 5.69. The predicted molar refractivity (Wildman–Crippen MR) is 103 cm³/mol. The third-order valence-electron chi connectivity index (χ3n) is 4.08. The number of ether oxygens (including phenoxy) is 1. The molecule has 25 heavy (non-hydrogen) atoms. The van der Waals surface area contributed by atoms with Gasteiger partial charge in [0.1, 0.15) is 5.75 Å². The molecule has 3 rings (SSSR count). The Kier molecular flexibility index (Phi) is 5.25. The molecule has 0 atom stereocenters. The summed E-state index contributed by atoms with van der Waals surface area (Å²) < 4.78 is 5.51. The maximum Gasteiger partial charge on any atom is 0.193 e. The average Bonchev–Trinajstić information content (AvgIpc) is 2.65. The van der Waals surface area contributed by atoms with Gasteiger partial charge in [0.15, 0.2) is 5.78 Å². The lowest BCUT2D eigenvalue weighted by molar-refractivity contribution is 0.103. The van der Waals surface area contributed by atoms with Crippen LogP contribution < -0.4 is 4.74 Å². The molecule has 0 aliphatic rings. The van der Waals surface area contributed by atoms with Crippen LogP contribution in [0.3, 0.4) is 0 Å². The zero-order valence-corrected chi connectivity index (χ0v) is 15.4. The molecular formula is C22H20O2S.